The average Bonchev–Trinajstić information content (AvgIpc) is 2.95. The van der Waals surface area contributed by atoms with Gasteiger partial charge in [0.2, 0.25) is 0 Å². The first-order valence-corrected chi connectivity index (χ1v) is 7.95. The van der Waals surface area contributed by atoms with Crippen LogP contribution < -0.4 is 0 Å². The van der Waals surface area contributed by atoms with Crippen molar-refractivity contribution >= 4 is 5.97 Å². The summed E-state index contributed by atoms with van der Waals surface area (Å²) in [6, 6.07) is 8.49. The van der Waals surface area contributed by atoms with Gasteiger partial charge in [-0.1, -0.05) is 24.3 Å². The van der Waals surface area contributed by atoms with Crippen LogP contribution in [0.25, 0.3) is 0 Å². The summed E-state index contributed by atoms with van der Waals surface area (Å²) in [6.07, 6.45) is 2.47. The number of carboxylic acid groups (broad SMARTS) is 1. The molecule has 23 heavy (non-hydrogen) atoms. The van der Waals surface area contributed by atoms with Crippen LogP contribution >= 0.6 is 0 Å². The predicted molar refractivity (Wildman–Crippen MR) is 85.8 cm³/mol. The fourth-order valence-corrected chi connectivity index (χ4v) is 3.23. The third-order valence-corrected chi connectivity index (χ3v) is 4.35. The maximum absolute atomic E-state index is 11.2. The second kappa shape index (κ2) is 6.50. The first-order chi connectivity index (χ1) is 11.0. The van der Waals surface area contributed by atoms with Crippen LogP contribution in [0, 0.1) is 0 Å². The maximum Gasteiger partial charge on any atom is 0.304 e. The van der Waals surface area contributed by atoms with Gasteiger partial charge in [0.25, 0.3) is 0 Å². The molecule has 0 saturated carbocycles. The molecule has 2 heterocycles. The molecule has 1 aromatic heterocycles. The second-order valence-corrected chi connectivity index (χ2v) is 6.34. The second-order valence-electron chi connectivity index (χ2n) is 6.34. The van der Waals surface area contributed by atoms with E-state index in [4.69, 9.17) is 0 Å². The van der Waals surface area contributed by atoms with Crippen molar-refractivity contribution in [2.24, 2.45) is 0 Å². The summed E-state index contributed by atoms with van der Waals surface area (Å²) in [5.74, 6) is 0.125. The molecule has 1 aliphatic rings. The minimum atomic E-state index is -0.760. The van der Waals surface area contributed by atoms with Gasteiger partial charge in [0.1, 0.15) is 12.2 Å². The van der Waals surface area contributed by atoms with E-state index in [1.807, 2.05) is 16.8 Å². The van der Waals surface area contributed by atoms with Crippen LogP contribution in [0.4, 0.5) is 0 Å². The van der Waals surface area contributed by atoms with Crippen LogP contribution in [0.5, 0.6) is 0 Å². The lowest BCUT2D eigenvalue weighted by molar-refractivity contribution is -0.138. The molecule has 0 amide bonds. The van der Waals surface area contributed by atoms with Crippen molar-refractivity contribution < 1.29 is 9.90 Å². The summed E-state index contributed by atoms with van der Waals surface area (Å²) in [4.78, 5) is 17.8. The first kappa shape index (κ1) is 15.7. The Labute approximate surface area is 135 Å². The molecule has 0 bridgehead atoms. The number of hydrogen-bond acceptors (Lipinski definition) is 4. The molecule has 1 N–H and O–H groups in total. The van der Waals surface area contributed by atoms with Crippen molar-refractivity contribution in [3.63, 3.8) is 0 Å². The van der Waals surface area contributed by atoms with Crippen molar-refractivity contribution in [3.8, 4) is 0 Å². The Balaban J connectivity index is 1.85. The van der Waals surface area contributed by atoms with Gasteiger partial charge in [0.15, 0.2) is 0 Å². The highest BCUT2D eigenvalue weighted by atomic mass is 16.4. The zero-order valence-corrected chi connectivity index (χ0v) is 13.5. The van der Waals surface area contributed by atoms with E-state index in [1.54, 1.807) is 6.33 Å². The summed E-state index contributed by atoms with van der Waals surface area (Å²) in [5.41, 5.74) is 2.52. The van der Waals surface area contributed by atoms with Gasteiger partial charge in [-0.3, -0.25) is 9.69 Å². The van der Waals surface area contributed by atoms with E-state index < -0.39 is 5.97 Å². The van der Waals surface area contributed by atoms with Gasteiger partial charge in [0.05, 0.1) is 13.0 Å². The van der Waals surface area contributed by atoms with Gasteiger partial charge in [-0.05, 0) is 31.4 Å². The minimum Gasteiger partial charge on any atom is -0.481 e. The topological polar surface area (TPSA) is 71.2 Å². The van der Waals surface area contributed by atoms with Crippen LogP contribution in [-0.2, 0) is 24.3 Å². The van der Waals surface area contributed by atoms with E-state index in [9.17, 15) is 9.90 Å². The highest BCUT2D eigenvalue weighted by Crippen LogP contribution is 2.26. The summed E-state index contributed by atoms with van der Waals surface area (Å²) in [7, 11) is 0. The van der Waals surface area contributed by atoms with Gasteiger partial charge >= 0.3 is 5.97 Å². The molecule has 0 unspecified atom stereocenters. The summed E-state index contributed by atoms with van der Waals surface area (Å²) in [6.45, 7) is 5.50. The molecule has 6 nitrogen and oxygen atoms in total. The van der Waals surface area contributed by atoms with Gasteiger partial charge in [-0.15, -0.1) is 0 Å². The third-order valence-electron chi connectivity index (χ3n) is 4.35. The highest BCUT2D eigenvalue weighted by molar-refractivity contribution is 5.67. The molecule has 0 spiro atoms. The van der Waals surface area contributed by atoms with Gasteiger partial charge in [0, 0.05) is 18.6 Å². The van der Waals surface area contributed by atoms with Gasteiger partial charge in [-0.25, -0.2) is 9.67 Å². The lowest BCUT2D eigenvalue weighted by atomic mass is 9.92. The van der Waals surface area contributed by atoms with E-state index in [-0.39, 0.29) is 18.5 Å². The van der Waals surface area contributed by atoms with Crippen LogP contribution in [0.1, 0.15) is 43.3 Å². The van der Waals surface area contributed by atoms with E-state index in [2.05, 4.69) is 41.0 Å². The molecule has 0 fully saturated rings. The van der Waals surface area contributed by atoms with Crippen LogP contribution in [0.3, 0.4) is 0 Å². The molecular formula is C17H22N4O2. The molecule has 3 rings (SSSR count). The molecule has 122 valence electrons. The van der Waals surface area contributed by atoms with Crippen LogP contribution in [0.2, 0.25) is 0 Å². The normalized spacial score (nSPS) is 18.1. The smallest absolute Gasteiger partial charge is 0.304 e. The Hall–Kier alpha value is -2.21. The Morgan fingerprint density at radius 3 is 2.78 bits per heavy atom. The fourth-order valence-electron chi connectivity index (χ4n) is 3.23. The molecule has 6 heteroatoms. The maximum atomic E-state index is 11.2. The molecule has 1 aromatic carbocycles. The van der Waals surface area contributed by atoms with Gasteiger partial charge < -0.3 is 5.11 Å². The van der Waals surface area contributed by atoms with Crippen molar-refractivity contribution in [3.05, 3.63) is 47.5 Å². The Morgan fingerprint density at radius 1 is 1.35 bits per heavy atom. The third kappa shape index (κ3) is 3.42. The van der Waals surface area contributed by atoms with Crippen molar-refractivity contribution in [2.75, 3.05) is 0 Å². The molecule has 0 radical (unpaired) electrons. The van der Waals surface area contributed by atoms with Crippen LogP contribution in [0.15, 0.2) is 30.6 Å². The van der Waals surface area contributed by atoms with E-state index in [1.165, 1.54) is 11.1 Å². The molecule has 2 aromatic rings. The molecule has 1 aliphatic heterocycles. The number of nitrogens with zero attached hydrogens (tertiary/aromatic N) is 4. The number of hydrogen-bond donors (Lipinski definition) is 1. The SMILES string of the molecule is CC(C)n1ncnc1CN1Cc2ccccc2C[C@H]1CC(=O)O. The Bertz CT molecular complexity index is 695. The van der Waals surface area contributed by atoms with Crippen molar-refractivity contribution in [1.82, 2.24) is 19.7 Å². The van der Waals surface area contributed by atoms with E-state index >= 15 is 0 Å². The number of carboxylic acids is 1. The van der Waals surface area contributed by atoms with Crippen molar-refractivity contribution in [2.45, 2.75) is 51.9 Å². The zero-order valence-electron chi connectivity index (χ0n) is 13.5. The molecular weight excluding hydrogens is 292 g/mol. The predicted octanol–water partition coefficient (Wildman–Crippen LogP) is 2.26. The van der Waals surface area contributed by atoms with Crippen molar-refractivity contribution in [1.29, 1.82) is 0 Å². The van der Waals surface area contributed by atoms with Gasteiger partial charge in [-0.2, -0.15) is 5.10 Å². The Kier molecular flexibility index (Phi) is 4.43. The summed E-state index contributed by atoms with van der Waals surface area (Å²) >= 11 is 0. The number of benzene rings is 1. The van der Waals surface area contributed by atoms with E-state index in [0.717, 1.165) is 18.8 Å². The number of fused-ring (bicyclic) bond motifs is 1. The zero-order chi connectivity index (χ0) is 16.4. The number of aliphatic carboxylic acids is 1. The summed E-state index contributed by atoms with van der Waals surface area (Å²) in [5, 5.41) is 13.5. The first-order valence-electron chi connectivity index (χ1n) is 7.95. The lowest BCUT2D eigenvalue weighted by Crippen LogP contribution is -2.41. The standard InChI is InChI=1S/C17H22N4O2/c1-12(2)21-16(18-11-19-21)10-20-9-14-6-4-3-5-13(14)7-15(20)8-17(22)23/h3-6,11-12,15H,7-10H2,1-2H3,(H,22,23)/t15-/m0/s1. The lowest BCUT2D eigenvalue weighted by Gasteiger charge is -2.36. The van der Waals surface area contributed by atoms with E-state index in [0.29, 0.717) is 6.54 Å². The fraction of sp³-hybridized carbons (Fsp3) is 0.471. The monoisotopic (exact) mass is 314 g/mol. The number of aromatic nitrogens is 3. The molecule has 1 atom stereocenters. The largest absolute Gasteiger partial charge is 0.481 e. The quantitative estimate of drug-likeness (QED) is 0.916. The number of rotatable bonds is 5. The highest BCUT2D eigenvalue weighted by Gasteiger charge is 2.29. The van der Waals surface area contributed by atoms with Crippen LogP contribution in [-0.4, -0.2) is 36.8 Å². The average molecular weight is 314 g/mol. The molecule has 0 saturated heterocycles. The minimum absolute atomic E-state index is 0.0142. The Morgan fingerprint density at radius 2 is 2.09 bits per heavy atom. The molecule has 0 aliphatic carbocycles. The summed E-state index contributed by atoms with van der Waals surface area (Å²) < 4.78 is 1.90. The number of carbonyl (C=O) groups is 1.